The molecule has 0 atom stereocenters. The number of halogens is 1. The van der Waals surface area contributed by atoms with E-state index < -0.39 is 0 Å². The largest absolute Gasteiger partial charge is 0.343 e. The summed E-state index contributed by atoms with van der Waals surface area (Å²) >= 11 is 5.99. The lowest BCUT2D eigenvalue weighted by atomic mass is 10.0. The third kappa shape index (κ3) is 4.72. The molecule has 1 fully saturated rings. The number of likely N-dealkylation sites (tertiary alicyclic amines) is 1. The monoisotopic (exact) mass is 362 g/mol. The highest BCUT2D eigenvalue weighted by atomic mass is 35.5. The molecule has 0 bridgehead atoms. The van der Waals surface area contributed by atoms with Gasteiger partial charge in [0.2, 0.25) is 11.7 Å². The molecule has 3 rings (SSSR count). The molecular weight excluding hydrogens is 340 g/mol. The molecule has 0 radical (unpaired) electrons. The van der Waals surface area contributed by atoms with E-state index in [1.54, 1.807) is 12.1 Å². The maximum Gasteiger partial charge on any atom is 0.322 e. The molecule has 0 saturated carbocycles. The van der Waals surface area contributed by atoms with Crippen molar-refractivity contribution in [2.75, 3.05) is 18.4 Å². The van der Waals surface area contributed by atoms with Crippen LogP contribution in [0.25, 0.3) is 11.4 Å². The lowest BCUT2D eigenvalue weighted by molar-refractivity contribution is -0.132. The third-order valence-electron chi connectivity index (χ3n) is 4.27. The van der Waals surface area contributed by atoms with Gasteiger partial charge in [-0.15, -0.1) is 0 Å². The first kappa shape index (κ1) is 17.7. The van der Waals surface area contributed by atoms with Crippen molar-refractivity contribution in [3.63, 3.8) is 0 Å². The second kappa shape index (κ2) is 7.87. The number of rotatable bonds is 5. The Bertz CT molecular complexity index is 723. The second-order valence-corrected chi connectivity index (χ2v) is 7.27. The Balaban J connectivity index is 1.54. The summed E-state index contributed by atoms with van der Waals surface area (Å²) in [6.45, 7) is 5.66. The molecule has 1 aliphatic heterocycles. The van der Waals surface area contributed by atoms with Gasteiger partial charge in [0, 0.05) is 36.1 Å². The van der Waals surface area contributed by atoms with Crippen molar-refractivity contribution in [1.29, 1.82) is 0 Å². The van der Waals surface area contributed by atoms with E-state index in [9.17, 15) is 4.79 Å². The lowest BCUT2D eigenvalue weighted by Crippen LogP contribution is -2.42. The normalized spacial score (nSPS) is 15.6. The third-order valence-corrected chi connectivity index (χ3v) is 4.50. The Kier molecular flexibility index (Phi) is 5.58. The van der Waals surface area contributed by atoms with Gasteiger partial charge in [0.15, 0.2) is 0 Å². The average Bonchev–Trinajstić information content (AvgIpc) is 3.03. The predicted octanol–water partition coefficient (Wildman–Crippen LogP) is 3.84. The maximum atomic E-state index is 12.1. The van der Waals surface area contributed by atoms with Crippen molar-refractivity contribution < 1.29 is 9.32 Å². The van der Waals surface area contributed by atoms with E-state index in [0.717, 1.165) is 31.5 Å². The van der Waals surface area contributed by atoms with Crippen molar-refractivity contribution >= 4 is 23.5 Å². The van der Waals surface area contributed by atoms with E-state index in [0.29, 0.717) is 29.2 Å². The first-order valence-electron chi connectivity index (χ1n) is 8.65. The van der Waals surface area contributed by atoms with E-state index in [1.807, 2.05) is 17.0 Å². The van der Waals surface area contributed by atoms with E-state index in [1.165, 1.54) is 0 Å². The Morgan fingerprint density at radius 2 is 2.16 bits per heavy atom. The van der Waals surface area contributed by atoms with Crippen LogP contribution < -0.4 is 5.32 Å². The molecule has 6 nitrogen and oxygen atoms in total. The number of nitrogens with zero attached hydrogens (tertiary/aromatic N) is 3. The van der Waals surface area contributed by atoms with Crippen molar-refractivity contribution in [2.45, 2.75) is 39.2 Å². The number of benzene rings is 1. The fourth-order valence-corrected chi connectivity index (χ4v) is 3.14. The minimum Gasteiger partial charge on any atom is -0.343 e. The highest BCUT2D eigenvalue weighted by Gasteiger charge is 2.24. The van der Waals surface area contributed by atoms with Crippen LogP contribution in [0.5, 0.6) is 0 Å². The summed E-state index contributed by atoms with van der Waals surface area (Å²) in [6.07, 6.45) is 2.36. The first-order valence-corrected chi connectivity index (χ1v) is 9.03. The zero-order chi connectivity index (χ0) is 17.8. The van der Waals surface area contributed by atoms with Gasteiger partial charge in [-0.25, -0.2) is 0 Å². The number of carbonyl (C=O) groups is 1. The molecule has 1 amide bonds. The van der Waals surface area contributed by atoms with Crippen LogP contribution in [-0.4, -0.2) is 40.1 Å². The van der Waals surface area contributed by atoms with Crippen molar-refractivity contribution in [2.24, 2.45) is 5.92 Å². The minimum absolute atomic E-state index is 0.232. The number of amides is 1. The first-order chi connectivity index (χ1) is 12.0. The fraction of sp³-hybridized carbons (Fsp3) is 0.500. The van der Waals surface area contributed by atoms with Crippen molar-refractivity contribution in [3.8, 4) is 11.4 Å². The van der Waals surface area contributed by atoms with Gasteiger partial charge >= 0.3 is 6.01 Å². The Morgan fingerprint density at radius 1 is 1.40 bits per heavy atom. The van der Waals surface area contributed by atoms with Crippen LogP contribution in [0.3, 0.4) is 0 Å². The number of nitrogens with one attached hydrogen (secondary N) is 1. The fourth-order valence-electron chi connectivity index (χ4n) is 2.95. The van der Waals surface area contributed by atoms with Crippen LogP contribution in [0.2, 0.25) is 5.02 Å². The summed E-state index contributed by atoms with van der Waals surface area (Å²) in [5, 5.41) is 7.91. The van der Waals surface area contributed by atoms with Gasteiger partial charge in [-0.2, -0.15) is 4.98 Å². The summed E-state index contributed by atoms with van der Waals surface area (Å²) in [5.74, 6) is 1.15. The summed E-state index contributed by atoms with van der Waals surface area (Å²) < 4.78 is 5.29. The number of hydrogen-bond donors (Lipinski definition) is 1. The zero-order valence-corrected chi connectivity index (χ0v) is 15.3. The van der Waals surface area contributed by atoms with E-state index in [2.05, 4.69) is 29.3 Å². The molecule has 1 aromatic heterocycles. The van der Waals surface area contributed by atoms with Gasteiger partial charge in [0.05, 0.1) is 0 Å². The van der Waals surface area contributed by atoms with E-state index in [-0.39, 0.29) is 11.9 Å². The molecule has 134 valence electrons. The standard InChI is InChI=1S/C18H23ClN4O2/c1-12(2)10-16(24)23-8-6-15(7-9-23)20-18-21-17(22-25-18)13-4-3-5-14(19)11-13/h3-5,11-12,15H,6-10H2,1-2H3,(H,20,21,22). The van der Waals surface area contributed by atoms with Crippen LogP contribution in [0.4, 0.5) is 6.01 Å². The van der Waals surface area contributed by atoms with Crippen molar-refractivity contribution in [1.82, 2.24) is 15.0 Å². The predicted molar refractivity (Wildman–Crippen MR) is 97.4 cm³/mol. The summed E-state index contributed by atoms with van der Waals surface area (Å²) in [4.78, 5) is 18.4. The molecule has 2 heterocycles. The van der Waals surface area contributed by atoms with E-state index >= 15 is 0 Å². The highest BCUT2D eigenvalue weighted by Crippen LogP contribution is 2.22. The van der Waals surface area contributed by atoms with E-state index in [4.69, 9.17) is 16.1 Å². The molecule has 1 N–H and O–H groups in total. The lowest BCUT2D eigenvalue weighted by Gasteiger charge is -2.32. The molecule has 7 heteroatoms. The molecule has 0 spiro atoms. The van der Waals surface area contributed by atoms with Gasteiger partial charge in [-0.1, -0.05) is 42.7 Å². The molecule has 0 aliphatic carbocycles. The molecule has 1 aliphatic rings. The zero-order valence-electron chi connectivity index (χ0n) is 14.5. The Labute approximate surface area is 152 Å². The Hall–Kier alpha value is -2.08. The van der Waals surface area contributed by atoms with Crippen LogP contribution in [0.15, 0.2) is 28.8 Å². The summed E-state index contributed by atoms with van der Waals surface area (Å²) in [5.41, 5.74) is 0.818. The minimum atomic E-state index is 0.232. The topological polar surface area (TPSA) is 71.3 Å². The molecule has 1 aromatic carbocycles. The van der Waals surface area contributed by atoms with Crippen molar-refractivity contribution in [3.05, 3.63) is 29.3 Å². The SMILES string of the molecule is CC(C)CC(=O)N1CCC(Nc2nc(-c3cccc(Cl)c3)no2)CC1. The molecule has 2 aromatic rings. The average molecular weight is 363 g/mol. The molecular formula is C18H23ClN4O2. The highest BCUT2D eigenvalue weighted by molar-refractivity contribution is 6.30. The Morgan fingerprint density at radius 3 is 2.84 bits per heavy atom. The van der Waals surface area contributed by atoms with Gasteiger partial charge in [0.25, 0.3) is 0 Å². The quantitative estimate of drug-likeness (QED) is 0.874. The number of aromatic nitrogens is 2. The van der Waals surface area contributed by atoms with Crippen LogP contribution in [-0.2, 0) is 4.79 Å². The number of piperidine rings is 1. The summed E-state index contributed by atoms with van der Waals surface area (Å²) in [6, 6.07) is 7.98. The smallest absolute Gasteiger partial charge is 0.322 e. The van der Waals surface area contributed by atoms with Crippen LogP contribution >= 0.6 is 11.6 Å². The number of hydrogen-bond acceptors (Lipinski definition) is 5. The molecule has 1 saturated heterocycles. The van der Waals surface area contributed by atoms with Gasteiger partial charge in [-0.3, -0.25) is 4.79 Å². The second-order valence-electron chi connectivity index (χ2n) is 6.83. The molecule has 0 unspecified atom stereocenters. The molecule has 25 heavy (non-hydrogen) atoms. The maximum absolute atomic E-state index is 12.1. The number of carbonyl (C=O) groups excluding carboxylic acids is 1. The van der Waals surface area contributed by atoms with Gasteiger partial charge in [0.1, 0.15) is 0 Å². The summed E-state index contributed by atoms with van der Waals surface area (Å²) in [7, 11) is 0. The van der Waals surface area contributed by atoms with Crippen LogP contribution in [0, 0.1) is 5.92 Å². The number of anilines is 1. The van der Waals surface area contributed by atoms with Gasteiger partial charge in [-0.05, 0) is 30.9 Å². The van der Waals surface area contributed by atoms with Crippen LogP contribution in [0.1, 0.15) is 33.1 Å². The van der Waals surface area contributed by atoms with Gasteiger partial charge < -0.3 is 14.7 Å².